The Morgan fingerprint density at radius 3 is 2.81 bits per heavy atom. The predicted octanol–water partition coefficient (Wildman–Crippen LogP) is 1.40. The highest BCUT2D eigenvalue weighted by Crippen LogP contribution is 2.19. The van der Waals surface area contributed by atoms with E-state index in [1.54, 1.807) is 29.2 Å². The van der Waals surface area contributed by atoms with Crippen molar-refractivity contribution in [2.45, 2.75) is 13.0 Å². The molecule has 2 fully saturated rings. The molecule has 1 amide bonds. The number of nitro groups is 1. The molecule has 2 heterocycles. The molecule has 0 N–H and O–H groups in total. The van der Waals surface area contributed by atoms with Gasteiger partial charge in [-0.3, -0.25) is 0 Å². The summed E-state index contributed by atoms with van der Waals surface area (Å²) in [5, 5.41) is 22.3. The van der Waals surface area contributed by atoms with Crippen LogP contribution in [0.5, 0.6) is 0 Å². The van der Waals surface area contributed by atoms with Crippen molar-refractivity contribution >= 4 is 12.1 Å². The van der Waals surface area contributed by atoms with Crippen LogP contribution in [-0.2, 0) is 16.1 Å². The average molecular weight is 373 g/mol. The molecule has 10 heteroatoms. The quantitative estimate of drug-likeness (QED) is 0.565. The van der Waals surface area contributed by atoms with Crippen LogP contribution in [0.15, 0.2) is 29.4 Å². The smallest absolute Gasteiger partial charge is 0.417 e. The Hall–Kier alpha value is -3.19. The van der Waals surface area contributed by atoms with Crippen LogP contribution in [0.1, 0.15) is 17.5 Å². The maximum absolute atomic E-state index is 12.4. The second-order valence-electron chi connectivity index (χ2n) is 6.33. The molecule has 1 atom stereocenters. The third-order valence-electron chi connectivity index (χ3n) is 4.46. The van der Waals surface area contributed by atoms with E-state index >= 15 is 0 Å². The minimum atomic E-state index is -0.806. The lowest BCUT2D eigenvalue weighted by molar-refractivity contribution is -0.486. The Kier molecular flexibility index (Phi) is 5.83. The van der Waals surface area contributed by atoms with Gasteiger partial charge in [-0.15, -0.1) is 0 Å². The van der Waals surface area contributed by atoms with Gasteiger partial charge < -0.3 is 14.4 Å². The van der Waals surface area contributed by atoms with Gasteiger partial charge in [-0.05, 0) is 24.1 Å². The molecule has 10 nitrogen and oxygen atoms in total. The molecule has 0 radical (unpaired) electrons. The molecule has 0 saturated carbocycles. The Bertz CT molecular complexity index is 767. The number of guanidine groups is 1. The zero-order chi connectivity index (χ0) is 19.2. The van der Waals surface area contributed by atoms with Gasteiger partial charge in [0.2, 0.25) is 0 Å². The summed E-state index contributed by atoms with van der Waals surface area (Å²) in [6, 6.07) is 8.65. The van der Waals surface area contributed by atoms with Gasteiger partial charge in [-0.2, -0.15) is 5.26 Å². The Labute approximate surface area is 155 Å². The molecule has 0 aromatic heterocycles. The molecule has 3 rings (SSSR count). The Balaban J connectivity index is 1.63. The number of hydrogen-bond acceptors (Lipinski definition) is 6. The summed E-state index contributed by atoms with van der Waals surface area (Å²) in [7, 11) is 0. The lowest BCUT2D eigenvalue weighted by atomic mass is 10.1. The van der Waals surface area contributed by atoms with Crippen LogP contribution in [0.4, 0.5) is 4.79 Å². The van der Waals surface area contributed by atoms with Crippen LogP contribution in [-0.4, -0.2) is 59.7 Å². The first-order valence-electron chi connectivity index (χ1n) is 8.56. The minimum absolute atomic E-state index is 0.00303. The number of hydrogen-bond donors (Lipinski definition) is 0. The lowest BCUT2D eigenvalue weighted by Gasteiger charge is -2.21. The highest BCUT2D eigenvalue weighted by Gasteiger charge is 2.36. The van der Waals surface area contributed by atoms with E-state index < -0.39 is 11.1 Å². The van der Waals surface area contributed by atoms with E-state index in [1.165, 1.54) is 4.90 Å². The van der Waals surface area contributed by atoms with Crippen molar-refractivity contribution in [3.63, 3.8) is 0 Å². The molecule has 2 aliphatic rings. The Morgan fingerprint density at radius 1 is 1.41 bits per heavy atom. The van der Waals surface area contributed by atoms with Gasteiger partial charge in [0.15, 0.2) is 5.03 Å². The van der Waals surface area contributed by atoms with Gasteiger partial charge in [-0.1, -0.05) is 12.1 Å². The zero-order valence-electron chi connectivity index (χ0n) is 14.6. The fourth-order valence-corrected chi connectivity index (χ4v) is 3.07. The van der Waals surface area contributed by atoms with Gasteiger partial charge in [0, 0.05) is 25.6 Å². The molecule has 0 bridgehead atoms. The zero-order valence-corrected chi connectivity index (χ0v) is 14.6. The highest BCUT2D eigenvalue weighted by atomic mass is 16.7. The van der Waals surface area contributed by atoms with Gasteiger partial charge in [0.1, 0.15) is 11.7 Å². The van der Waals surface area contributed by atoms with E-state index in [-0.39, 0.29) is 25.0 Å². The molecule has 2 aliphatic heterocycles. The molecule has 0 spiro atoms. The Morgan fingerprint density at radius 2 is 2.19 bits per heavy atom. The van der Waals surface area contributed by atoms with E-state index in [0.29, 0.717) is 37.4 Å². The van der Waals surface area contributed by atoms with Gasteiger partial charge in [-0.25, -0.2) is 19.8 Å². The van der Waals surface area contributed by atoms with E-state index in [9.17, 15) is 14.9 Å². The van der Waals surface area contributed by atoms with Crippen molar-refractivity contribution in [3.05, 3.63) is 45.5 Å². The number of nitrogens with zero attached hydrogens (tertiary/aromatic N) is 5. The number of hydrazone groups is 1. The number of rotatable bonds is 5. The van der Waals surface area contributed by atoms with Crippen LogP contribution < -0.4 is 0 Å². The van der Waals surface area contributed by atoms with Crippen molar-refractivity contribution in [3.8, 4) is 6.07 Å². The van der Waals surface area contributed by atoms with Gasteiger partial charge in [0.05, 0.1) is 24.8 Å². The fourth-order valence-electron chi connectivity index (χ4n) is 3.07. The molecule has 0 aliphatic carbocycles. The first-order chi connectivity index (χ1) is 13.1. The molecular weight excluding hydrogens is 354 g/mol. The van der Waals surface area contributed by atoms with Crippen LogP contribution >= 0.6 is 0 Å². The summed E-state index contributed by atoms with van der Waals surface area (Å²) in [6.45, 7) is 2.55. The highest BCUT2D eigenvalue weighted by molar-refractivity contribution is 5.95. The molecule has 1 aromatic rings. The SMILES string of the molecule is N#Cc1ccc(COC(=O)N2CCN(CC3CCOC3)C2=N[N+](=O)[O-])cc1. The van der Waals surface area contributed by atoms with Crippen LogP contribution in [0.3, 0.4) is 0 Å². The van der Waals surface area contributed by atoms with Gasteiger partial charge >= 0.3 is 6.09 Å². The summed E-state index contributed by atoms with van der Waals surface area (Å²) in [5.41, 5.74) is 1.23. The van der Waals surface area contributed by atoms with Crippen molar-refractivity contribution < 1.29 is 19.3 Å². The average Bonchev–Trinajstić information content (AvgIpc) is 3.31. The number of benzene rings is 1. The van der Waals surface area contributed by atoms with Crippen LogP contribution in [0.2, 0.25) is 0 Å². The number of carbonyl (C=O) groups is 1. The second kappa shape index (κ2) is 8.46. The first-order valence-corrected chi connectivity index (χ1v) is 8.56. The van der Waals surface area contributed by atoms with Crippen LogP contribution in [0, 0.1) is 27.4 Å². The monoisotopic (exact) mass is 373 g/mol. The predicted molar refractivity (Wildman–Crippen MR) is 93.0 cm³/mol. The topological polar surface area (TPSA) is 121 Å². The van der Waals surface area contributed by atoms with Crippen LogP contribution in [0.25, 0.3) is 0 Å². The number of ether oxygens (including phenoxy) is 2. The maximum atomic E-state index is 12.4. The third-order valence-corrected chi connectivity index (χ3v) is 4.46. The fraction of sp³-hybridized carbons (Fsp3) is 0.471. The van der Waals surface area contributed by atoms with Crippen molar-refractivity contribution in [1.82, 2.24) is 9.80 Å². The molecule has 2 saturated heterocycles. The number of carbonyl (C=O) groups excluding carboxylic acids is 1. The maximum Gasteiger partial charge on any atom is 0.417 e. The summed E-state index contributed by atoms with van der Waals surface area (Å²) in [5.74, 6) is 0.258. The minimum Gasteiger partial charge on any atom is -0.444 e. The third kappa shape index (κ3) is 4.71. The normalized spacial score (nSPS) is 20.7. The number of nitriles is 1. The van der Waals surface area contributed by atoms with E-state index in [4.69, 9.17) is 14.7 Å². The molecule has 1 aromatic carbocycles. The molecule has 27 heavy (non-hydrogen) atoms. The standard InChI is InChI=1S/C17H19N5O5/c18-9-13-1-3-14(4-2-13)12-27-17(23)21-7-6-20(16(21)19-22(24)25)10-15-5-8-26-11-15/h1-4,15H,5-8,10-12H2. The first kappa shape index (κ1) is 18.6. The summed E-state index contributed by atoms with van der Waals surface area (Å²) in [4.78, 5) is 26.2. The largest absolute Gasteiger partial charge is 0.444 e. The molecule has 142 valence electrons. The second-order valence-corrected chi connectivity index (χ2v) is 6.33. The van der Waals surface area contributed by atoms with Gasteiger partial charge in [0.25, 0.3) is 5.96 Å². The number of amides is 1. The van der Waals surface area contributed by atoms with Crippen molar-refractivity contribution in [1.29, 1.82) is 5.26 Å². The summed E-state index contributed by atoms with van der Waals surface area (Å²) >= 11 is 0. The van der Waals surface area contributed by atoms with Crippen molar-refractivity contribution in [2.24, 2.45) is 11.0 Å². The van der Waals surface area contributed by atoms with Crippen molar-refractivity contribution in [2.75, 3.05) is 32.8 Å². The lowest BCUT2D eigenvalue weighted by Crippen LogP contribution is -2.40. The van der Waals surface area contributed by atoms with E-state index in [2.05, 4.69) is 5.10 Å². The molecular formula is C17H19N5O5. The summed E-state index contributed by atoms with van der Waals surface area (Å²) < 4.78 is 10.6. The molecule has 1 unspecified atom stereocenters. The van der Waals surface area contributed by atoms with E-state index in [1.807, 2.05) is 6.07 Å². The van der Waals surface area contributed by atoms with E-state index in [0.717, 1.165) is 6.42 Å². The summed E-state index contributed by atoms with van der Waals surface area (Å²) in [6.07, 6.45) is 0.191.